The molecule has 2 aromatic carbocycles. The first-order chi connectivity index (χ1) is 10.6. The molecule has 22 heavy (non-hydrogen) atoms. The largest absolute Gasteiger partial charge is 0.489 e. The van der Waals surface area contributed by atoms with Crippen LogP contribution in [-0.4, -0.2) is 12.0 Å². The molecule has 1 heterocycles. The van der Waals surface area contributed by atoms with Gasteiger partial charge in [-0.25, -0.2) is 0 Å². The van der Waals surface area contributed by atoms with Crippen molar-refractivity contribution in [1.29, 1.82) is 0 Å². The average Bonchev–Trinajstić information content (AvgIpc) is 2.96. The zero-order valence-corrected chi connectivity index (χ0v) is 12.8. The van der Waals surface area contributed by atoms with Gasteiger partial charge >= 0.3 is 0 Å². The van der Waals surface area contributed by atoms with Gasteiger partial charge in [-0.1, -0.05) is 18.2 Å². The molecule has 1 aliphatic heterocycles. The van der Waals surface area contributed by atoms with Crippen molar-refractivity contribution in [3.05, 3.63) is 59.2 Å². The number of carbonyl (C=O) groups is 1. The molecule has 0 atom stereocenters. The Morgan fingerprint density at radius 1 is 1.14 bits per heavy atom. The van der Waals surface area contributed by atoms with Gasteiger partial charge in [0.15, 0.2) is 0 Å². The van der Waals surface area contributed by atoms with Crippen LogP contribution in [0.5, 0.6) is 5.75 Å². The number of hydrogen-bond donors (Lipinski definition) is 2. The molecule has 0 fully saturated rings. The molecule has 2 N–H and O–H groups in total. The lowest BCUT2D eigenvalue weighted by Crippen LogP contribution is -2.14. The number of benzene rings is 2. The number of rotatable bonds is 4. The zero-order chi connectivity index (χ0) is 15.5. The third-order valence-corrected chi connectivity index (χ3v) is 3.60. The van der Waals surface area contributed by atoms with E-state index in [0.717, 1.165) is 13.1 Å². The zero-order valence-electron chi connectivity index (χ0n) is 12.8. The quantitative estimate of drug-likeness (QED) is 0.910. The molecule has 3 rings (SSSR count). The van der Waals surface area contributed by atoms with Crippen LogP contribution >= 0.6 is 0 Å². The van der Waals surface area contributed by atoms with Crippen molar-refractivity contribution in [2.24, 2.45) is 0 Å². The van der Waals surface area contributed by atoms with Gasteiger partial charge in [-0.15, -0.1) is 0 Å². The molecule has 0 spiro atoms. The second-order valence-corrected chi connectivity index (χ2v) is 5.70. The van der Waals surface area contributed by atoms with E-state index < -0.39 is 0 Å². The Kier molecular flexibility index (Phi) is 4.11. The molecule has 114 valence electrons. The van der Waals surface area contributed by atoms with E-state index in [1.807, 2.05) is 56.3 Å². The topological polar surface area (TPSA) is 50.4 Å². The number of anilines is 1. The number of nitrogens with one attached hydrogen (secondary N) is 2. The van der Waals surface area contributed by atoms with Crippen LogP contribution in [0.2, 0.25) is 0 Å². The van der Waals surface area contributed by atoms with Crippen molar-refractivity contribution < 1.29 is 9.53 Å². The molecule has 1 amide bonds. The fourth-order valence-corrected chi connectivity index (χ4v) is 2.56. The summed E-state index contributed by atoms with van der Waals surface area (Å²) in [6.45, 7) is 5.63. The van der Waals surface area contributed by atoms with Crippen molar-refractivity contribution in [2.75, 3.05) is 5.32 Å². The maximum absolute atomic E-state index is 12.5. The Bertz CT molecular complexity index is 695. The van der Waals surface area contributed by atoms with Gasteiger partial charge in [-0.05, 0) is 49.2 Å². The lowest BCUT2D eigenvalue weighted by atomic mass is 10.1. The van der Waals surface area contributed by atoms with Gasteiger partial charge in [-0.3, -0.25) is 4.79 Å². The Balaban J connectivity index is 1.80. The van der Waals surface area contributed by atoms with Gasteiger partial charge in [0.2, 0.25) is 0 Å². The minimum atomic E-state index is -0.116. The van der Waals surface area contributed by atoms with Crippen LogP contribution < -0.4 is 15.4 Å². The number of hydrogen-bond acceptors (Lipinski definition) is 3. The summed E-state index contributed by atoms with van der Waals surface area (Å²) in [5.74, 6) is 0.572. The number of amides is 1. The monoisotopic (exact) mass is 296 g/mol. The highest BCUT2D eigenvalue weighted by Crippen LogP contribution is 2.26. The Morgan fingerprint density at radius 3 is 2.73 bits per heavy atom. The molecule has 0 aromatic heterocycles. The van der Waals surface area contributed by atoms with E-state index >= 15 is 0 Å². The predicted molar refractivity (Wildman–Crippen MR) is 87.1 cm³/mol. The molecule has 0 saturated heterocycles. The van der Waals surface area contributed by atoms with Gasteiger partial charge in [0, 0.05) is 18.7 Å². The van der Waals surface area contributed by atoms with Gasteiger partial charge in [-0.2, -0.15) is 0 Å². The summed E-state index contributed by atoms with van der Waals surface area (Å²) in [5.41, 5.74) is 3.82. The van der Waals surface area contributed by atoms with E-state index in [2.05, 4.69) is 10.6 Å². The average molecular weight is 296 g/mol. The predicted octanol–water partition coefficient (Wildman–Crippen LogP) is 3.33. The molecule has 0 radical (unpaired) electrons. The number of ether oxygens (including phenoxy) is 1. The minimum absolute atomic E-state index is 0.0594. The molecule has 1 aliphatic rings. The summed E-state index contributed by atoms with van der Waals surface area (Å²) in [5, 5.41) is 6.22. The van der Waals surface area contributed by atoms with Crippen molar-refractivity contribution in [2.45, 2.75) is 33.0 Å². The van der Waals surface area contributed by atoms with Gasteiger partial charge in [0.05, 0.1) is 11.8 Å². The summed E-state index contributed by atoms with van der Waals surface area (Å²) in [4.78, 5) is 12.5. The van der Waals surface area contributed by atoms with Crippen LogP contribution in [0.3, 0.4) is 0 Å². The molecule has 0 bridgehead atoms. The highest BCUT2D eigenvalue weighted by atomic mass is 16.5. The van der Waals surface area contributed by atoms with Crippen LogP contribution in [0.1, 0.15) is 35.3 Å². The molecular weight excluding hydrogens is 276 g/mol. The van der Waals surface area contributed by atoms with E-state index in [0.29, 0.717) is 17.0 Å². The smallest absolute Gasteiger partial charge is 0.255 e. The summed E-state index contributed by atoms with van der Waals surface area (Å²) in [6, 6.07) is 13.3. The van der Waals surface area contributed by atoms with E-state index in [9.17, 15) is 4.79 Å². The lowest BCUT2D eigenvalue weighted by Gasteiger charge is -2.15. The summed E-state index contributed by atoms with van der Waals surface area (Å²) < 4.78 is 5.73. The van der Waals surface area contributed by atoms with Crippen LogP contribution in [-0.2, 0) is 13.1 Å². The first-order valence-electron chi connectivity index (χ1n) is 7.53. The van der Waals surface area contributed by atoms with Gasteiger partial charge in [0.1, 0.15) is 5.75 Å². The highest BCUT2D eigenvalue weighted by Gasteiger charge is 2.15. The first kappa shape index (κ1) is 14.6. The maximum atomic E-state index is 12.5. The summed E-state index contributed by atoms with van der Waals surface area (Å²) in [6.07, 6.45) is 0.0594. The highest BCUT2D eigenvalue weighted by molar-refractivity contribution is 6.05. The molecule has 0 saturated carbocycles. The van der Waals surface area contributed by atoms with Crippen LogP contribution in [0, 0.1) is 0 Å². The second kappa shape index (κ2) is 6.20. The molecule has 4 nitrogen and oxygen atoms in total. The maximum Gasteiger partial charge on any atom is 0.255 e. The minimum Gasteiger partial charge on any atom is -0.489 e. The van der Waals surface area contributed by atoms with Gasteiger partial charge in [0.25, 0.3) is 5.91 Å². The fraction of sp³-hybridized carbons (Fsp3) is 0.278. The standard InChI is InChI=1S/C18H20N2O2/c1-12(2)22-17-6-4-3-5-16(17)20-18(21)13-7-8-14-10-19-11-15(14)9-13/h3-9,12,19H,10-11H2,1-2H3,(H,20,21). The van der Waals surface area contributed by atoms with Crippen LogP contribution in [0.15, 0.2) is 42.5 Å². The molecular formula is C18H20N2O2. The SMILES string of the molecule is CC(C)Oc1ccccc1NC(=O)c1ccc2c(c1)CNC2. The van der Waals surface area contributed by atoms with Crippen LogP contribution in [0.25, 0.3) is 0 Å². The third-order valence-electron chi connectivity index (χ3n) is 3.60. The lowest BCUT2D eigenvalue weighted by molar-refractivity contribution is 0.102. The van der Waals surface area contributed by atoms with E-state index in [1.165, 1.54) is 11.1 Å². The first-order valence-corrected chi connectivity index (χ1v) is 7.53. The number of carbonyl (C=O) groups excluding carboxylic acids is 1. The second-order valence-electron chi connectivity index (χ2n) is 5.70. The molecule has 0 unspecified atom stereocenters. The third kappa shape index (κ3) is 3.12. The van der Waals surface area contributed by atoms with Gasteiger partial charge < -0.3 is 15.4 Å². The Morgan fingerprint density at radius 2 is 1.91 bits per heavy atom. The van der Waals surface area contributed by atoms with E-state index in [4.69, 9.17) is 4.74 Å². The Hall–Kier alpha value is -2.33. The molecule has 2 aromatic rings. The number of fused-ring (bicyclic) bond motifs is 1. The van der Waals surface area contributed by atoms with E-state index in [-0.39, 0.29) is 12.0 Å². The van der Waals surface area contributed by atoms with Crippen molar-refractivity contribution in [3.63, 3.8) is 0 Å². The van der Waals surface area contributed by atoms with Crippen molar-refractivity contribution in [3.8, 4) is 5.75 Å². The van der Waals surface area contributed by atoms with Crippen molar-refractivity contribution >= 4 is 11.6 Å². The number of para-hydroxylation sites is 2. The van der Waals surface area contributed by atoms with Crippen molar-refractivity contribution in [1.82, 2.24) is 5.32 Å². The van der Waals surface area contributed by atoms with E-state index in [1.54, 1.807) is 0 Å². The summed E-state index contributed by atoms with van der Waals surface area (Å²) >= 11 is 0. The normalized spacial score (nSPS) is 13.0. The molecule has 0 aliphatic carbocycles. The van der Waals surface area contributed by atoms with Crippen LogP contribution in [0.4, 0.5) is 5.69 Å². The molecule has 4 heteroatoms. The fourth-order valence-electron chi connectivity index (χ4n) is 2.56. The Labute approximate surface area is 130 Å². The summed E-state index contributed by atoms with van der Waals surface area (Å²) in [7, 11) is 0.